The van der Waals surface area contributed by atoms with E-state index in [1.54, 1.807) is 25.9 Å². The molecule has 236 valence electrons. The maximum Gasteiger partial charge on any atom is 0.251 e. The number of hydrogen-bond donors (Lipinski definition) is 4. The number of aryl methyl sites for hydroxylation is 2. The molecule has 3 amide bonds. The third kappa shape index (κ3) is 6.31. The number of fused-ring (bicyclic) bond motifs is 2. The molecule has 2 unspecified atom stereocenters. The second-order valence-corrected chi connectivity index (χ2v) is 12.0. The van der Waals surface area contributed by atoms with Crippen LogP contribution in [-0.4, -0.2) is 82.0 Å². The summed E-state index contributed by atoms with van der Waals surface area (Å²) < 4.78 is 0. The Kier molecular flexibility index (Phi) is 9.58. The van der Waals surface area contributed by atoms with Crippen molar-refractivity contribution < 1.29 is 14.4 Å². The highest BCUT2D eigenvalue weighted by Crippen LogP contribution is 2.47. The molecule has 0 aliphatic heterocycles. The average molecular weight is 612 g/mol. The predicted octanol–water partition coefficient (Wildman–Crippen LogP) is 2.40. The molecule has 2 atom stereocenters. The Labute approximate surface area is 263 Å². The summed E-state index contributed by atoms with van der Waals surface area (Å²) in [6, 6.07) is 13.2. The van der Waals surface area contributed by atoms with Crippen molar-refractivity contribution >= 4 is 17.7 Å². The number of aromatic nitrogens is 4. The maximum atomic E-state index is 13.4. The van der Waals surface area contributed by atoms with Gasteiger partial charge < -0.3 is 20.9 Å². The Hall–Kier alpha value is -4.63. The van der Waals surface area contributed by atoms with Crippen LogP contribution in [0.4, 0.5) is 0 Å². The van der Waals surface area contributed by atoms with E-state index >= 15 is 0 Å². The zero-order valence-corrected chi connectivity index (χ0v) is 26.3. The topological polar surface area (TPSA) is 169 Å². The SMILES string of the molecule is CCCC(CC1(c2nnn[nH]2)c2ccc(C(=O)NC)cc2CCc2cc(C(=O)NC)ccc21)NCC(=O)N(C(C)C#N)C1CC1. The summed E-state index contributed by atoms with van der Waals surface area (Å²) in [6.45, 7) is 3.97. The summed E-state index contributed by atoms with van der Waals surface area (Å²) in [7, 11) is 3.22. The molecule has 3 aromatic rings. The van der Waals surface area contributed by atoms with E-state index in [9.17, 15) is 19.6 Å². The number of H-pyrrole nitrogens is 1. The molecular formula is C33H41N9O3. The summed E-state index contributed by atoms with van der Waals surface area (Å²) in [5.74, 6) is 0.0999. The summed E-state index contributed by atoms with van der Waals surface area (Å²) in [5.41, 5.74) is 4.12. The van der Waals surface area contributed by atoms with Gasteiger partial charge in [0.15, 0.2) is 5.82 Å². The predicted molar refractivity (Wildman–Crippen MR) is 167 cm³/mol. The van der Waals surface area contributed by atoms with Crippen molar-refractivity contribution in [3.05, 3.63) is 75.6 Å². The van der Waals surface area contributed by atoms with Crippen LogP contribution in [0.5, 0.6) is 0 Å². The monoisotopic (exact) mass is 611 g/mol. The van der Waals surface area contributed by atoms with Gasteiger partial charge in [0.05, 0.1) is 18.0 Å². The van der Waals surface area contributed by atoms with Gasteiger partial charge in [-0.2, -0.15) is 5.26 Å². The molecule has 0 spiro atoms. The van der Waals surface area contributed by atoms with Gasteiger partial charge in [-0.3, -0.25) is 14.4 Å². The molecule has 1 saturated carbocycles. The highest BCUT2D eigenvalue weighted by molar-refractivity contribution is 5.95. The molecule has 45 heavy (non-hydrogen) atoms. The van der Waals surface area contributed by atoms with Crippen LogP contribution >= 0.6 is 0 Å². The van der Waals surface area contributed by atoms with Gasteiger partial charge in [0.25, 0.3) is 11.8 Å². The lowest BCUT2D eigenvalue weighted by molar-refractivity contribution is -0.132. The number of amides is 3. The van der Waals surface area contributed by atoms with Crippen molar-refractivity contribution in [2.75, 3.05) is 20.6 Å². The molecule has 1 fully saturated rings. The minimum atomic E-state index is -0.890. The molecule has 2 aromatic carbocycles. The standard InChI is InChI=1S/C33H41N9O3/c1-5-6-25(37-19-29(43)42(20(2)18-34)26-11-12-26)17-33(32-38-40-41-39-32)27-13-9-23(30(44)35-3)15-21(27)7-8-22-16-24(31(45)36-4)10-14-28(22)33/h9-10,13-16,20,25-26,37H,5-8,11-12,17,19H2,1-4H3,(H,35,44)(H,36,45)(H,38,39,40,41). The number of benzene rings is 2. The van der Waals surface area contributed by atoms with E-state index < -0.39 is 11.5 Å². The van der Waals surface area contributed by atoms with Gasteiger partial charge in [-0.1, -0.05) is 25.5 Å². The van der Waals surface area contributed by atoms with Crippen LogP contribution in [0.25, 0.3) is 0 Å². The molecule has 1 aromatic heterocycles. The average Bonchev–Trinajstić information content (AvgIpc) is 3.76. The molecule has 4 N–H and O–H groups in total. The largest absolute Gasteiger partial charge is 0.355 e. The van der Waals surface area contributed by atoms with Crippen molar-refractivity contribution in [3.8, 4) is 6.07 Å². The highest BCUT2D eigenvalue weighted by atomic mass is 16.2. The number of aromatic amines is 1. The second kappa shape index (κ2) is 13.6. The van der Waals surface area contributed by atoms with E-state index in [-0.39, 0.29) is 36.3 Å². The Morgan fingerprint density at radius 1 is 1.04 bits per heavy atom. The Morgan fingerprint density at radius 2 is 1.64 bits per heavy atom. The molecule has 0 bridgehead atoms. The first-order valence-corrected chi connectivity index (χ1v) is 15.7. The number of tetrazole rings is 1. The number of nitrogens with zero attached hydrogens (tertiary/aromatic N) is 5. The van der Waals surface area contributed by atoms with Crippen LogP contribution in [0.2, 0.25) is 0 Å². The van der Waals surface area contributed by atoms with E-state index in [1.165, 1.54) is 0 Å². The normalized spacial score (nSPS) is 16.2. The van der Waals surface area contributed by atoms with E-state index in [4.69, 9.17) is 0 Å². The van der Waals surface area contributed by atoms with E-state index in [1.807, 2.05) is 36.4 Å². The lowest BCUT2D eigenvalue weighted by Crippen LogP contribution is -2.48. The fourth-order valence-electron chi connectivity index (χ4n) is 6.80. The van der Waals surface area contributed by atoms with Gasteiger partial charge in [-0.15, -0.1) is 5.10 Å². The van der Waals surface area contributed by atoms with Crippen molar-refractivity contribution in [1.82, 2.24) is 41.5 Å². The molecule has 2 aliphatic carbocycles. The number of hydrogen-bond acceptors (Lipinski definition) is 8. The fourth-order valence-corrected chi connectivity index (χ4v) is 6.80. The van der Waals surface area contributed by atoms with Crippen LogP contribution < -0.4 is 16.0 Å². The number of nitrogens with one attached hydrogen (secondary N) is 4. The molecule has 5 rings (SSSR count). The quantitative estimate of drug-likeness (QED) is 0.242. The van der Waals surface area contributed by atoms with Crippen LogP contribution in [0, 0.1) is 11.3 Å². The smallest absolute Gasteiger partial charge is 0.251 e. The summed E-state index contributed by atoms with van der Waals surface area (Å²) in [4.78, 5) is 40.5. The van der Waals surface area contributed by atoms with Gasteiger partial charge in [0, 0.05) is 37.3 Å². The fraction of sp³-hybridized carbons (Fsp3) is 0.485. The van der Waals surface area contributed by atoms with Crippen molar-refractivity contribution in [2.24, 2.45) is 0 Å². The molecule has 0 radical (unpaired) electrons. The molecule has 2 aliphatic rings. The molecule has 1 heterocycles. The lowest BCUT2D eigenvalue weighted by Gasteiger charge is -2.38. The van der Waals surface area contributed by atoms with Crippen molar-refractivity contribution in [2.45, 2.75) is 82.3 Å². The second-order valence-electron chi connectivity index (χ2n) is 12.0. The van der Waals surface area contributed by atoms with Crippen LogP contribution in [-0.2, 0) is 23.1 Å². The summed E-state index contributed by atoms with van der Waals surface area (Å²) in [5, 5.41) is 34.1. The van der Waals surface area contributed by atoms with E-state index in [0.29, 0.717) is 36.2 Å². The Balaban J connectivity index is 1.63. The summed E-state index contributed by atoms with van der Waals surface area (Å²) >= 11 is 0. The maximum absolute atomic E-state index is 13.4. The minimum Gasteiger partial charge on any atom is -0.355 e. The summed E-state index contributed by atoms with van der Waals surface area (Å²) in [6.07, 6.45) is 5.25. The zero-order chi connectivity index (χ0) is 32.1. The first-order valence-electron chi connectivity index (χ1n) is 15.7. The third-order valence-corrected chi connectivity index (χ3v) is 9.09. The van der Waals surface area contributed by atoms with Crippen LogP contribution in [0.3, 0.4) is 0 Å². The van der Waals surface area contributed by atoms with Crippen LogP contribution in [0.15, 0.2) is 36.4 Å². The van der Waals surface area contributed by atoms with Gasteiger partial charge >= 0.3 is 0 Å². The van der Waals surface area contributed by atoms with Gasteiger partial charge in [-0.05, 0) is 102 Å². The minimum absolute atomic E-state index is 0.0878. The third-order valence-electron chi connectivity index (χ3n) is 9.09. The van der Waals surface area contributed by atoms with Crippen LogP contribution in [0.1, 0.15) is 94.7 Å². The number of nitriles is 1. The van der Waals surface area contributed by atoms with E-state index in [0.717, 1.165) is 47.9 Å². The Bertz CT molecular complexity index is 1530. The first kappa shape index (κ1) is 31.8. The molecular weight excluding hydrogens is 570 g/mol. The number of rotatable bonds is 12. The van der Waals surface area contributed by atoms with Gasteiger partial charge in [0.1, 0.15) is 6.04 Å². The van der Waals surface area contributed by atoms with Gasteiger partial charge in [-0.25, -0.2) is 5.10 Å². The Morgan fingerprint density at radius 3 is 2.11 bits per heavy atom. The number of carbonyl (C=O) groups excluding carboxylic acids is 3. The zero-order valence-electron chi connectivity index (χ0n) is 26.3. The van der Waals surface area contributed by atoms with Crippen molar-refractivity contribution in [3.63, 3.8) is 0 Å². The molecule has 12 heteroatoms. The highest BCUT2D eigenvalue weighted by Gasteiger charge is 2.46. The van der Waals surface area contributed by atoms with Gasteiger partial charge in [0.2, 0.25) is 5.91 Å². The first-order chi connectivity index (χ1) is 21.8. The molecule has 12 nitrogen and oxygen atoms in total. The lowest BCUT2D eigenvalue weighted by atomic mass is 9.67. The van der Waals surface area contributed by atoms with E-state index in [2.05, 4.69) is 49.6 Å². The molecule has 0 saturated heterocycles. The van der Waals surface area contributed by atoms with Crippen molar-refractivity contribution in [1.29, 1.82) is 5.26 Å². The number of carbonyl (C=O) groups is 3.